The van der Waals surface area contributed by atoms with Crippen molar-refractivity contribution >= 4 is 54.1 Å². The number of carbonyl (C=O) groups is 7. The second kappa shape index (κ2) is 40.7. The zero-order valence-electron chi connectivity index (χ0n) is 61.0. The van der Waals surface area contributed by atoms with Gasteiger partial charge >= 0.3 is 30.3 Å². The number of nitrogens with zero attached hydrogens (tertiary/aromatic N) is 4. The van der Waals surface area contributed by atoms with Gasteiger partial charge in [0.2, 0.25) is 23.7 Å². The first kappa shape index (κ1) is 81.1. The number of aliphatic hydroxyl groups is 3. The average Bonchev–Trinajstić information content (AvgIpc) is 1.69. The van der Waals surface area contributed by atoms with Gasteiger partial charge in [0.05, 0.1) is 58.3 Å². The Hall–Kier alpha value is -11.4. The molecule has 580 valence electrons. The van der Waals surface area contributed by atoms with E-state index in [1.165, 1.54) is 31.7 Å². The molecule has 29 heteroatoms. The van der Waals surface area contributed by atoms with Gasteiger partial charge in [-0.25, -0.2) is 28.9 Å². The van der Waals surface area contributed by atoms with Crippen LogP contribution in [0.2, 0.25) is 0 Å². The second-order valence-corrected chi connectivity index (χ2v) is 26.9. The molecule has 7 aromatic carbocycles. The SMILES string of the molecule is C=CCOC(=O)[C@H](COCc1ccccc1)NC(=O)[C@@H](NC(=O)[C@@H](NC(=O)OC(C)(C)C)C(O)[C@@H]1CN(C(=O)OCc2ccccc2)/C(=N/C(=O)OCc2ccccc2)N1)C(O)[C@@H]1CN/C(=N\C(=O)OCc2ccccc2)N1[C@H]1O[C@H](COCc2ccccc2)[C@@H](OCc2ccccc2)[C@H](OCc2ccccc2)[C@@H]1O. The van der Waals surface area contributed by atoms with Gasteiger partial charge < -0.3 is 94.2 Å². The highest BCUT2D eigenvalue weighted by Crippen LogP contribution is 2.34. The number of guanidine groups is 2. The molecule has 29 nitrogen and oxygen atoms in total. The summed E-state index contributed by atoms with van der Waals surface area (Å²) < 4.78 is 60.8. The Labute approximate surface area is 636 Å². The molecule has 0 bridgehead atoms. The molecule has 0 aromatic heterocycles. The smallest absolute Gasteiger partial charge is 0.437 e. The van der Waals surface area contributed by atoms with Crippen molar-refractivity contribution in [3.05, 3.63) is 264 Å². The van der Waals surface area contributed by atoms with Gasteiger partial charge in [-0.2, -0.15) is 0 Å². The molecule has 3 aliphatic rings. The number of alkyl carbamates (subject to hydrolysis) is 1. The Bertz CT molecular complexity index is 4170. The Balaban J connectivity index is 1.05. The average molecular weight is 1510 g/mol. The van der Waals surface area contributed by atoms with Crippen molar-refractivity contribution in [1.29, 1.82) is 0 Å². The molecule has 0 saturated carbocycles. The van der Waals surface area contributed by atoms with E-state index in [9.17, 15) is 39.3 Å². The first-order chi connectivity index (χ1) is 53.3. The topological polar surface area (TPSA) is 364 Å². The molecule has 8 N–H and O–H groups in total. The molecule has 3 aliphatic heterocycles. The summed E-state index contributed by atoms with van der Waals surface area (Å²) in [7, 11) is 0. The minimum Gasteiger partial charge on any atom is -0.460 e. The molecular weight excluding hydrogens is 1420 g/mol. The Morgan fingerprint density at radius 1 is 0.555 bits per heavy atom. The monoisotopic (exact) mass is 1510 g/mol. The van der Waals surface area contributed by atoms with Crippen molar-refractivity contribution in [2.24, 2.45) is 9.98 Å². The fourth-order valence-electron chi connectivity index (χ4n) is 12.1. The van der Waals surface area contributed by atoms with Crippen molar-refractivity contribution in [1.82, 2.24) is 36.4 Å². The third kappa shape index (κ3) is 24.0. The lowest BCUT2D eigenvalue weighted by Gasteiger charge is -2.49. The van der Waals surface area contributed by atoms with Gasteiger partial charge in [-0.05, 0) is 59.7 Å². The molecule has 0 aliphatic carbocycles. The van der Waals surface area contributed by atoms with Crippen LogP contribution in [0.1, 0.15) is 59.7 Å². The molecule has 6 amide bonds. The summed E-state index contributed by atoms with van der Waals surface area (Å²) in [6.07, 6.45) is -15.3. The van der Waals surface area contributed by atoms with Crippen molar-refractivity contribution in [3.8, 4) is 0 Å². The molecule has 110 heavy (non-hydrogen) atoms. The number of rotatable bonds is 33. The lowest BCUT2D eigenvalue weighted by molar-refractivity contribution is -0.285. The second-order valence-electron chi connectivity index (χ2n) is 26.9. The number of hydrogen-bond acceptors (Lipinski definition) is 20. The van der Waals surface area contributed by atoms with Crippen LogP contribution in [0.3, 0.4) is 0 Å². The van der Waals surface area contributed by atoms with Crippen LogP contribution in [-0.4, -0.2) is 191 Å². The van der Waals surface area contributed by atoms with Crippen LogP contribution >= 0.6 is 0 Å². The zero-order chi connectivity index (χ0) is 77.8. The minimum atomic E-state index is -2.35. The van der Waals surface area contributed by atoms with Crippen molar-refractivity contribution < 1.29 is 96.2 Å². The van der Waals surface area contributed by atoms with Gasteiger partial charge in [-0.15, -0.1) is 9.98 Å². The maximum absolute atomic E-state index is 15.8. The lowest BCUT2D eigenvalue weighted by atomic mass is 9.94. The quantitative estimate of drug-likeness (QED) is 0.0114. The Morgan fingerprint density at radius 2 is 0.991 bits per heavy atom. The molecule has 10 rings (SSSR count). The third-order valence-corrected chi connectivity index (χ3v) is 17.5. The lowest BCUT2D eigenvalue weighted by Crippen LogP contribution is -2.69. The number of carbonyl (C=O) groups excluding carboxylic acids is 7. The van der Waals surface area contributed by atoms with Gasteiger partial charge in [-0.3, -0.25) is 9.59 Å². The Kier molecular flexibility index (Phi) is 30.0. The van der Waals surface area contributed by atoms with Crippen LogP contribution in [0.4, 0.5) is 19.2 Å². The van der Waals surface area contributed by atoms with Crippen molar-refractivity contribution in [2.75, 3.05) is 32.9 Å². The maximum atomic E-state index is 15.8. The van der Waals surface area contributed by atoms with Gasteiger partial charge in [0, 0.05) is 6.54 Å². The fraction of sp³-hybridized carbons (Fsp3) is 0.346. The van der Waals surface area contributed by atoms with Crippen LogP contribution < -0.4 is 26.6 Å². The predicted molar refractivity (Wildman–Crippen MR) is 399 cm³/mol. The molecule has 3 saturated heterocycles. The molecule has 12 atom stereocenters. The minimum absolute atomic E-state index is 0.0114. The number of aliphatic imine (C=N–C) groups is 2. The predicted octanol–water partition coefficient (Wildman–Crippen LogP) is 7.26. The van der Waals surface area contributed by atoms with E-state index in [4.69, 9.17) is 47.4 Å². The van der Waals surface area contributed by atoms with Crippen molar-refractivity contribution in [2.45, 2.75) is 146 Å². The molecule has 2 unspecified atom stereocenters. The number of esters is 1. The highest BCUT2D eigenvalue weighted by Gasteiger charge is 2.55. The molecule has 7 aromatic rings. The molecular formula is C81H91N9O20. The zero-order valence-corrected chi connectivity index (χ0v) is 61.0. The van der Waals surface area contributed by atoms with Crippen LogP contribution in [0.25, 0.3) is 0 Å². The number of amides is 6. The summed E-state index contributed by atoms with van der Waals surface area (Å²) in [6, 6.07) is 52.8. The fourth-order valence-corrected chi connectivity index (χ4v) is 12.1. The van der Waals surface area contributed by atoms with Gasteiger partial charge in [-0.1, -0.05) is 225 Å². The number of ether oxygens (including phenoxy) is 10. The summed E-state index contributed by atoms with van der Waals surface area (Å²) in [5, 5.41) is 52.9. The van der Waals surface area contributed by atoms with E-state index in [1.54, 1.807) is 121 Å². The van der Waals surface area contributed by atoms with Crippen LogP contribution in [0.5, 0.6) is 0 Å². The van der Waals surface area contributed by atoms with E-state index in [2.05, 4.69) is 43.1 Å². The van der Waals surface area contributed by atoms with Crippen LogP contribution in [0.15, 0.2) is 235 Å². The molecule has 0 spiro atoms. The Morgan fingerprint density at radius 3 is 1.48 bits per heavy atom. The molecule has 3 heterocycles. The first-order valence-corrected chi connectivity index (χ1v) is 35.7. The maximum Gasteiger partial charge on any atom is 0.437 e. The van der Waals surface area contributed by atoms with E-state index >= 15 is 9.59 Å². The van der Waals surface area contributed by atoms with Crippen LogP contribution in [0, 0.1) is 0 Å². The number of benzene rings is 7. The van der Waals surface area contributed by atoms with E-state index in [0.29, 0.717) is 27.8 Å². The van der Waals surface area contributed by atoms with Gasteiger partial charge in [0.15, 0.2) is 12.3 Å². The summed E-state index contributed by atoms with van der Waals surface area (Å²) in [5.74, 6) is -4.69. The summed E-state index contributed by atoms with van der Waals surface area (Å²) >= 11 is 0. The van der Waals surface area contributed by atoms with E-state index < -0.39 is 152 Å². The van der Waals surface area contributed by atoms with E-state index in [-0.39, 0.29) is 59.5 Å². The summed E-state index contributed by atoms with van der Waals surface area (Å²) in [5.41, 5.74) is 3.45. The number of aliphatic hydroxyl groups excluding tert-OH is 3. The summed E-state index contributed by atoms with van der Waals surface area (Å²) in [6.45, 7) is 5.11. The van der Waals surface area contributed by atoms with Gasteiger partial charge in [0.1, 0.15) is 80.7 Å². The van der Waals surface area contributed by atoms with Crippen molar-refractivity contribution in [3.63, 3.8) is 0 Å². The third-order valence-electron chi connectivity index (χ3n) is 17.5. The largest absolute Gasteiger partial charge is 0.460 e. The van der Waals surface area contributed by atoms with E-state index in [1.807, 2.05) is 91.0 Å². The first-order valence-electron chi connectivity index (χ1n) is 35.7. The number of nitrogens with one attached hydrogen (secondary N) is 5. The highest BCUT2D eigenvalue weighted by molar-refractivity contribution is 6.01. The van der Waals surface area contributed by atoms with Crippen LogP contribution in [-0.2, 0) is 108 Å². The molecule has 3 fully saturated rings. The number of hydrogen-bond donors (Lipinski definition) is 8. The molecule has 0 radical (unpaired) electrons. The summed E-state index contributed by atoms with van der Waals surface area (Å²) in [4.78, 5) is 112. The standard InChI is InChI=1S/C81H91N9O20/c1-5-41-103-74(96)61(51-101-44-53-27-13-6-14-28-53)83-71(94)65(85-72(95)64(86-79(99)110-81(2,3)4)66(91)60-43-89(80(100)108-50-59-39-25-12-26-40-59)76(84-60)88-78(98)107-49-58-37-23-11-24-38-58)67(92)62-42-82-75(87-77(97)106-48-57-35-21-10-22-36-57)90(62)73-68(93)70(105-47-56-33-19-9-20-34-56)69(104-46-55-31-17-8-18-32-55)63(109-73)52-102-45-54-29-15-7-16-30-54/h5-40,60-70,73,91-93H,1,41-52H2,2-4H3,(H,83,94)(H,85,95)(H,86,99)(H,82,87,97)(H,84,88,98)/t60-,61-,62-,63+,64-,65-,66?,67?,68-,69+,70+,73-/m0/s1. The van der Waals surface area contributed by atoms with Gasteiger partial charge in [0.25, 0.3) is 0 Å². The highest BCUT2D eigenvalue weighted by atomic mass is 16.6. The normalized spacial score (nSPS) is 20.3. The van der Waals surface area contributed by atoms with E-state index in [0.717, 1.165) is 16.0 Å².